The summed E-state index contributed by atoms with van der Waals surface area (Å²) < 4.78 is 66.8. The van der Waals surface area contributed by atoms with Crippen molar-refractivity contribution >= 4 is 141 Å². The summed E-state index contributed by atoms with van der Waals surface area (Å²) in [6.45, 7) is 17.1. The molecule has 113 heavy (non-hydrogen) atoms. The molecule has 26 heteroatoms. The lowest BCUT2D eigenvalue weighted by atomic mass is 9.83. The summed E-state index contributed by atoms with van der Waals surface area (Å²) in [5.41, 5.74) is 18.9. The molecule has 0 atom stereocenters. The number of anilines is 8. The number of carbonyl (C=O) groups is 1. The third kappa shape index (κ3) is 35.3. The van der Waals surface area contributed by atoms with Gasteiger partial charge in [0.05, 0.1) is 0 Å². The van der Waals surface area contributed by atoms with E-state index in [2.05, 4.69) is 192 Å². The molecule has 0 amide bonds. The largest absolute Gasteiger partial charge is 0.433 e. The van der Waals surface area contributed by atoms with E-state index in [0.29, 0.717) is 43.4 Å². The summed E-state index contributed by atoms with van der Waals surface area (Å²) in [6, 6.07) is 75.4. The van der Waals surface area contributed by atoms with Gasteiger partial charge in [0.15, 0.2) is 0 Å². The molecule has 4 aliphatic carbocycles. The molecule has 4 saturated carbocycles. The van der Waals surface area contributed by atoms with Crippen molar-refractivity contribution in [2.45, 2.75) is 155 Å². The quantitative estimate of drug-likeness (QED) is 0.00845. The third-order valence-corrected chi connectivity index (χ3v) is 20.0. The van der Waals surface area contributed by atoms with Crippen molar-refractivity contribution in [3.8, 4) is 0 Å². The highest BCUT2D eigenvalue weighted by atomic mass is 127. The Balaban J connectivity index is 0.000000189. The zero-order chi connectivity index (χ0) is 81.8. The summed E-state index contributed by atoms with van der Waals surface area (Å²) in [4.78, 5) is 19.3. The molecule has 0 unspecified atom stereocenters. The molecule has 4 fully saturated rings. The fraction of sp³-hybridized carbons (Fsp3) is 0.299. The Kier molecular flexibility index (Phi) is 39.9. The highest BCUT2D eigenvalue weighted by molar-refractivity contribution is 14.1. The van der Waals surface area contributed by atoms with Gasteiger partial charge < -0.3 is 70.7 Å². The van der Waals surface area contributed by atoms with Crippen LogP contribution in [0, 0.1) is 36.2 Å². The van der Waals surface area contributed by atoms with E-state index in [0.717, 1.165) is 86.0 Å². The van der Waals surface area contributed by atoms with E-state index in [1.54, 1.807) is 88.0 Å². The first kappa shape index (κ1) is 92.1. The Hall–Kier alpha value is -8.08. The van der Waals surface area contributed by atoms with Gasteiger partial charge in [-0.15, -0.1) is 0 Å². The number of nitrogens with two attached hydrogens (primary N) is 1. The first-order valence-electron chi connectivity index (χ1n) is 38.4. The molecule has 0 aliphatic heterocycles. The van der Waals surface area contributed by atoms with E-state index in [-0.39, 0.29) is 29.1 Å². The SMILES string of the molecule is BrCc1cccc(I)c1.CB(O)N(Cc1cccc(I)c1)c1ccc(F)cc1.CB(O)N(Cc1cccc(NC2CC2)c1)c1ccc(F)cc1.CB(O)Nc1ccc(F)cc1.CC=O.CCN(c1cccc(CN(B(C)O)c2ccc(F)cc2)c1)C1CC1.CCN(c1cccc(CNc2ccc(F)cc2)c1)C1CC1.NC1CC1. The predicted molar refractivity (Wildman–Crippen MR) is 485 cm³/mol. The minimum Gasteiger partial charge on any atom is -0.433 e. The average molecular weight is 1830 g/mol. The first-order chi connectivity index (χ1) is 54.3. The number of aldehydes is 1. The molecule has 14 nitrogen and oxygen atoms in total. The molecule has 14 rings (SSSR count). The molecular formula is C87H105B4BrF5I2N9O5. The van der Waals surface area contributed by atoms with Crippen LogP contribution in [-0.4, -0.2) is 91.8 Å². The zero-order valence-corrected chi connectivity index (χ0v) is 71.3. The van der Waals surface area contributed by atoms with Crippen molar-refractivity contribution in [3.05, 3.63) is 307 Å². The number of hydrogen-bond donors (Lipinski definition) is 8. The maximum atomic E-state index is 13.2. The smallest absolute Gasteiger partial charge is 0.409 e. The Morgan fingerprint density at radius 2 is 0.761 bits per heavy atom. The second kappa shape index (κ2) is 49.0. The van der Waals surface area contributed by atoms with Crippen LogP contribution in [0.3, 0.4) is 0 Å². The highest BCUT2D eigenvalue weighted by Crippen LogP contribution is 2.34. The van der Waals surface area contributed by atoms with Crippen molar-refractivity contribution in [3.63, 3.8) is 0 Å². The molecule has 596 valence electrons. The van der Waals surface area contributed by atoms with E-state index < -0.39 is 28.2 Å². The molecule has 0 saturated heterocycles. The van der Waals surface area contributed by atoms with E-state index in [1.807, 2.05) is 44.8 Å². The van der Waals surface area contributed by atoms with Crippen LogP contribution in [0.5, 0.6) is 0 Å². The van der Waals surface area contributed by atoms with Crippen LogP contribution in [0.25, 0.3) is 0 Å². The summed E-state index contributed by atoms with van der Waals surface area (Å²) in [5, 5.41) is 49.4. The molecule has 10 aromatic rings. The lowest BCUT2D eigenvalue weighted by Crippen LogP contribution is -2.36. The molecule has 0 bridgehead atoms. The molecule has 0 radical (unpaired) electrons. The van der Waals surface area contributed by atoms with Gasteiger partial charge >= 0.3 is 28.2 Å². The van der Waals surface area contributed by atoms with Gasteiger partial charge in [0.1, 0.15) is 35.4 Å². The van der Waals surface area contributed by atoms with Gasteiger partial charge in [-0.3, -0.25) is 0 Å². The number of alkyl halides is 1. The van der Waals surface area contributed by atoms with Gasteiger partial charge in [-0.25, -0.2) is 22.0 Å². The Morgan fingerprint density at radius 3 is 1.10 bits per heavy atom. The maximum absolute atomic E-state index is 13.2. The number of rotatable bonds is 26. The molecule has 4 aliphatic rings. The fourth-order valence-electron chi connectivity index (χ4n) is 11.7. The molecule has 0 heterocycles. The molecule has 10 aromatic carbocycles. The van der Waals surface area contributed by atoms with Crippen LogP contribution in [0.1, 0.15) is 100.0 Å². The predicted octanol–water partition coefficient (Wildman–Crippen LogP) is 20.3. The van der Waals surface area contributed by atoms with E-state index in [9.17, 15) is 37.0 Å². The number of carbonyl (C=O) groups excluding carboxylic acids is 1. The van der Waals surface area contributed by atoms with Crippen LogP contribution in [0.4, 0.5) is 67.5 Å². The standard InChI is InChI=1S/C19H24BFN2O.C18H21FN2.C17H20BFN2O.C14H14BFINO.C7H9BFNO.C7H6BrI.C3H7N.C2H4O/c1-3-22(17-11-12-17)19-6-4-5-15(13-19)14-23(20(2)24)18-9-7-16(21)8-10-18;1-2-21(17-10-11-17)18-5-3-4-14(12-18)13-20-16-8-6-15(19)7-9-16;1-18(22)21(17-9-5-14(19)6-10-17)12-13-3-2-4-16(11-13)20-15-7-8-15;1-15(19)18(14-7-5-12(16)6-8-14)10-11-3-2-4-13(17)9-11;1-8(11)10-7-4-2-6(9)3-5-7;8-5-6-2-1-3-7(9)4-6;4-3-1-2-3;1-2-3/h4-10,13,17,24H,3,11-12,14H2,1-2H3;3-9,12,17,20H,2,10-11,13H2,1H3;2-6,9-11,15,20,22H,7-8,12H2,1H3;2-9,19H,10H2,1H3;2-5,10-11H,1H3;1-4H,5H2;3H,1-2,4H2;2H,1H3. The Labute approximate surface area is 703 Å². The van der Waals surface area contributed by atoms with Crippen LogP contribution < -0.4 is 45.8 Å². The zero-order valence-electron chi connectivity index (χ0n) is 65.4. The van der Waals surface area contributed by atoms with Crippen LogP contribution in [-0.2, 0) is 36.3 Å². The number of hydrogen-bond acceptors (Lipinski definition) is 14. The minimum absolute atomic E-state index is 0.203. The van der Waals surface area contributed by atoms with Crippen molar-refractivity contribution < 1.29 is 46.8 Å². The van der Waals surface area contributed by atoms with Crippen LogP contribution in [0.15, 0.2) is 243 Å². The summed E-state index contributed by atoms with van der Waals surface area (Å²) in [5.74, 6) is -1.30. The van der Waals surface area contributed by atoms with E-state index >= 15 is 0 Å². The molecule has 0 aromatic heterocycles. The fourth-order valence-corrected chi connectivity index (χ4v) is 13.3. The summed E-state index contributed by atoms with van der Waals surface area (Å²) in [7, 11) is -2.54. The van der Waals surface area contributed by atoms with Crippen molar-refractivity contribution in [2.75, 3.05) is 53.2 Å². The number of benzene rings is 10. The lowest BCUT2D eigenvalue weighted by Gasteiger charge is -2.27. The molecular weight excluding hydrogens is 1720 g/mol. The Bertz CT molecular complexity index is 4380. The van der Waals surface area contributed by atoms with Crippen LogP contribution >= 0.6 is 61.1 Å². The third-order valence-electron chi connectivity index (χ3n) is 18.0. The van der Waals surface area contributed by atoms with Crippen molar-refractivity contribution in [1.29, 1.82) is 0 Å². The molecule has 9 N–H and O–H groups in total. The van der Waals surface area contributed by atoms with Crippen LogP contribution in [0.2, 0.25) is 27.3 Å². The normalized spacial score (nSPS) is 12.6. The second-order valence-corrected chi connectivity index (χ2v) is 30.9. The van der Waals surface area contributed by atoms with Gasteiger partial charge in [0.2, 0.25) is 0 Å². The second-order valence-electron chi connectivity index (χ2n) is 27.9. The van der Waals surface area contributed by atoms with Gasteiger partial charge in [-0.1, -0.05) is 76.6 Å². The number of nitrogens with one attached hydrogen (secondary N) is 3. The van der Waals surface area contributed by atoms with Gasteiger partial charge in [0, 0.05) is 121 Å². The highest BCUT2D eigenvalue weighted by Gasteiger charge is 2.30. The van der Waals surface area contributed by atoms with Gasteiger partial charge in [-0.2, -0.15) is 0 Å². The average Bonchev–Trinajstić information content (AvgIpc) is 1.68. The van der Waals surface area contributed by atoms with E-state index in [4.69, 9.17) is 15.6 Å². The van der Waals surface area contributed by atoms with Crippen molar-refractivity contribution in [2.24, 2.45) is 5.73 Å². The molecule has 0 spiro atoms. The maximum Gasteiger partial charge on any atom is 0.409 e. The minimum atomic E-state index is -0.648. The first-order valence-corrected chi connectivity index (χ1v) is 41.7. The van der Waals surface area contributed by atoms with E-state index in [1.165, 1.54) is 145 Å². The number of nitrogens with zero attached hydrogens (tertiary/aromatic N) is 5. The monoisotopic (exact) mass is 1830 g/mol. The Morgan fingerprint density at radius 1 is 0.434 bits per heavy atom. The summed E-state index contributed by atoms with van der Waals surface area (Å²) >= 11 is 7.95. The summed E-state index contributed by atoms with van der Waals surface area (Å²) in [6.07, 6.45) is 10.9. The lowest BCUT2D eigenvalue weighted by molar-refractivity contribution is -0.106. The number of halogens is 8. The van der Waals surface area contributed by atoms with Gasteiger partial charge in [-0.05, 0) is 354 Å². The topological polar surface area (TPSA) is 176 Å². The van der Waals surface area contributed by atoms with Gasteiger partial charge in [0.25, 0.3) is 0 Å². The van der Waals surface area contributed by atoms with Crippen molar-refractivity contribution in [1.82, 2.24) is 0 Å².